The van der Waals surface area contributed by atoms with Gasteiger partial charge in [0.15, 0.2) is 0 Å². The van der Waals surface area contributed by atoms with E-state index in [0.29, 0.717) is 6.07 Å². The fourth-order valence-electron chi connectivity index (χ4n) is 2.24. The Labute approximate surface area is 164 Å². The molecule has 0 aliphatic heterocycles. The molecule has 0 bridgehead atoms. The summed E-state index contributed by atoms with van der Waals surface area (Å²) < 4.78 is 29.3. The zero-order valence-electron chi connectivity index (χ0n) is 14.6. The first-order chi connectivity index (χ1) is 13.9. The number of hydrogen-bond acceptors (Lipinski definition) is 8. The van der Waals surface area contributed by atoms with Crippen LogP contribution in [0.2, 0.25) is 0 Å². The van der Waals surface area contributed by atoms with E-state index in [0.717, 1.165) is 12.1 Å². The minimum absolute atomic E-state index is 0.135. The van der Waals surface area contributed by atoms with E-state index in [2.05, 4.69) is 0 Å². The van der Waals surface area contributed by atoms with Crippen molar-refractivity contribution in [3.8, 4) is 17.2 Å². The SMILES string of the molecule is O=[N+]([O-])c1ccc(OP(=O)(Oc2ccccc2)Oc2ccccc2)c([N+](=O)[O-])c1. The molecule has 3 aromatic rings. The summed E-state index contributed by atoms with van der Waals surface area (Å²) in [7, 11) is -4.46. The molecule has 0 unspecified atom stereocenters. The van der Waals surface area contributed by atoms with E-state index >= 15 is 0 Å². The van der Waals surface area contributed by atoms with Crippen LogP contribution in [0.4, 0.5) is 11.4 Å². The summed E-state index contributed by atoms with van der Waals surface area (Å²) in [5.74, 6) is -0.233. The van der Waals surface area contributed by atoms with Gasteiger partial charge < -0.3 is 13.6 Å². The second kappa shape index (κ2) is 8.41. The number of nitrogens with zero attached hydrogens (tertiary/aromatic N) is 2. The molecule has 0 saturated carbocycles. The number of phosphoric ester groups is 1. The van der Waals surface area contributed by atoms with Crippen molar-refractivity contribution in [3.63, 3.8) is 0 Å². The standard InChI is InChI=1S/C18H13N2O8P/c21-19(22)14-11-12-18(17(13-14)20(23)24)28-29(25,26-15-7-3-1-4-8-15)27-16-9-5-2-6-10-16/h1-13H. The molecular weight excluding hydrogens is 403 g/mol. The lowest BCUT2D eigenvalue weighted by Gasteiger charge is -2.19. The number of phosphoric acid groups is 1. The second-order valence-corrected chi connectivity index (χ2v) is 6.96. The maximum Gasteiger partial charge on any atom is 0.647 e. The van der Waals surface area contributed by atoms with Crippen LogP contribution < -0.4 is 13.6 Å². The van der Waals surface area contributed by atoms with Gasteiger partial charge in [0.1, 0.15) is 11.5 Å². The molecule has 0 aliphatic carbocycles. The minimum atomic E-state index is -4.46. The Hall–Kier alpha value is -3.91. The molecule has 0 N–H and O–H groups in total. The Morgan fingerprint density at radius 3 is 1.66 bits per heavy atom. The van der Waals surface area contributed by atoms with Crippen molar-refractivity contribution in [2.75, 3.05) is 0 Å². The number of para-hydroxylation sites is 2. The predicted molar refractivity (Wildman–Crippen MR) is 102 cm³/mol. The molecule has 0 amide bonds. The van der Waals surface area contributed by atoms with E-state index in [9.17, 15) is 24.8 Å². The Morgan fingerprint density at radius 1 is 0.690 bits per heavy atom. The molecule has 0 aromatic heterocycles. The molecule has 0 saturated heterocycles. The van der Waals surface area contributed by atoms with Crippen molar-refractivity contribution < 1.29 is 28.0 Å². The van der Waals surface area contributed by atoms with E-state index in [1.165, 1.54) is 24.3 Å². The van der Waals surface area contributed by atoms with Gasteiger partial charge in [-0.05, 0) is 30.3 Å². The number of benzene rings is 3. The second-order valence-electron chi connectivity index (χ2n) is 5.51. The van der Waals surface area contributed by atoms with Crippen LogP contribution in [0.25, 0.3) is 0 Å². The summed E-state index contributed by atoms with van der Waals surface area (Å²) in [6.45, 7) is 0. The third-order valence-electron chi connectivity index (χ3n) is 3.48. The summed E-state index contributed by atoms with van der Waals surface area (Å²) in [6, 6.07) is 18.5. The largest absolute Gasteiger partial charge is 0.647 e. The van der Waals surface area contributed by atoms with E-state index in [1.54, 1.807) is 36.4 Å². The molecule has 0 fully saturated rings. The fourth-order valence-corrected chi connectivity index (χ4v) is 3.50. The molecule has 0 aliphatic rings. The predicted octanol–water partition coefficient (Wildman–Crippen LogP) is 5.15. The molecule has 0 atom stereocenters. The van der Waals surface area contributed by atoms with Crippen molar-refractivity contribution in [2.24, 2.45) is 0 Å². The van der Waals surface area contributed by atoms with Gasteiger partial charge >= 0.3 is 13.5 Å². The number of rotatable bonds is 8. The van der Waals surface area contributed by atoms with Crippen molar-refractivity contribution >= 4 is 19.2 Å². The first kappa shape index (κ1) is 19.8. The van der Waals surface area contributed by atoms with Crippen LogP contribution in [0.1, 0.15) is 0 Å². The highest BCUT2D eigenvalue weighted by Crippen LogP contribution is 2.51. The molecule has 11 heteroatoms. The average Bonchev–Trinajstić information content (AvgIpc) is 2.69. The maximum absolute atomic E-state index is 13.3. The number of nitro groups is 2. The number of non-ortho nitro benzene ring substituents is 1. The summed E-state index contributed by atoms with van der Waals surface area (Å²) in [6.07, 6.45) is 0. The topological polar surface area (TPSA) is 131 Å². The Balaban J connectivity index is 1.99. The van der Waals surface area contributed by atoms with Gasteiger partial charge in [-0.2, -0.15) is 4.57 Å². The fraction of sp³-hybridized carbons (Fsp3) is 0. The van der Waals surface area contributed by atoms with E-state index in [1.807, 2.05) is 0 Å². The summed E-state index contributed by atoms with van der Waals surface area (Å²) >= 11 is 0. The monoisotopic (exact) mass is 416 g/mol. The highest BCUT2D eigenvalue weighted by atomic mass is 31.2. The van der Waals surface area contributed by atoms with Gasteiger partial charge in [-0.1, -0.05) is 36.4 Å². The molecule has 10 nitrogen and oxygen atoms in total. The van der Waals surface area contributed by atoms with Crippen molar-refractivity contribution in [2.45, 2.75) is 0 Å². The van der Waals surface area contributed by atoms with E-state index in [4.69, 9.17) is 13.6 Å². The zero-order valence-corrected chi connectivity index (χ0v) is 15.5. The van der Waals surface area contributed by atoms with Crippen molar-refractivity contribution in [3.05, 3.63) is 99.1 Å². The van der Waals surface area contributed by atoms with Gasteiger partial charge in [0.2, 0.25) is 5.75 Å². The molecule has 3 aromatic carbocycles. The third kappa shape index (κ3) is 5.08. The van der Waals surface area contributed by atoms with Gasteiger partial charge in [0.25, 0.3) is 5.69 Å². The van der Waals surface area contributed by atoms with Gasteiger partial charge in [-0.25, -0.2) is 0 Å². The van der Waals surface area contributed by atoms with Crippen LogP contribution in [-0.2, 0) is 4.57 Å². The minimum Gasteiger partial charge on any atom is -0.386 e. The molecule has 148 valence electrons. The average molecular weight is 416 g/mol. The summed E-state index contributed by atoms with van der Waals surface area (Å²) in [5.41, 5.74) is -1.28. The number of hydrogen-bond donors (Lipinski definition) is 0. The normalized spacial score (nSPS) is 10.8. The van der Waals surface area contributed by atoms with Gasteiger partial charge in [0, 0.05) is 6.07 Å². The van der Waals surface area contributed by atoms with Crippen LogP contribution in [0.15, 0.2) is 78.9 Å². The summed E-state index contributed by atoms with van der Waals surface area (Å²) in [5, 5.41) is 22.2. The van der Waals surface area contributed by atoms with Crippen LogP contribution in [0.3, 0.4) is 0 Å². The van der Waals surface area contributed by atoms with Gasteiger partial charge in [0.05, 0.1) is 15.9 Å². The van der Waals surface area contributed by atoms with Crippen LogP contribution in [0, 0.1) is 20.2 Å². The van der Waals surface area contributed by atoms with E-state index < -0.39 is 34.8 Å². The number of nitro benzene ring substituents is 2. The third-order valence-corrected chi connectivity index (χ3v) is 4.77. The van der Waals surface area contributed by atoms with Gasteiger partial charge in [-0.3, -0.25) is 20.2 Å². The lowest BCUT2D eigenvalue weighted by atomic mass is 10.2. The molecular formula is C18H13N2O8P. The van der Waals surface area contributed by atoms with Gasteiger partial charge in [-0.15, -0.1) is 0 Å². The first-order valence-electron chi connectivity index (χ1n) is 8.08. The Morgan fingerprint density at radius 2 is 1.21 bits per heavy atom. The van der Waals surface area contributed by atoms with Crippen molar-refractivity contribution in [1.82, 2.24) is 0 Å². The maximum atomic E-state index is 13.3. The van der Waals surface area contributed by atoms with Crippen LogP contribution in [0.5, 0.6) is 17.2 Å². The first-order valence-corrected chi connectivity index (χ1v) is 9.54. The quantitative estimate of drug-likeness (QED) is 0.280. The lowest BCUT2D eigenvalue weighted by Crippen LogP contribution is -2.08. The van der Waals surface area contributed by atoms with E-state index in [-0.39, 0.29) is 11.5 Å². The highest BCUT2D eigenvalue weighted by molar-refractivity contribution is 7.49. The highest BCUT2D eigenvalue weighted by Gasteiger charge is 2.36. The lowest BCUT2D eigenvalue weighted by molar-refractivity contribution is -0.394. The van der Waals surface area contributed by atoms with Crippen LogP contribution >= 0.6 is 7.82 Å². The summed E-state index contributed by atoms with van der Waals surface area (Å²) in [4.78, 5) is 20.5. The zero-order chi connectivity index (χ0) is 20.9. The Kier molecular flexibility index (Phi) is 5.75. The smallest absolute Gasteiger partial charge is 0.386 e. The molecule has 3 rings (SSSR count). The molecule has 0 heterocycles. The van der Waals surface area contributed by atoms with Crippen molar-refractivity contribution in [1.29, 1.82) is 0 Å². The molecule has 0 spiro atoms. The molecule has 0 radical (unpaired) electrons. The van der Waals surface area contributed by atoms with Crippen LogP contribution in [-0.4, -0.2) is 9.85 Å². The molecule has 29 heavy (non-hydrogen) atoms. The Bertz CT molecular complexity index is 1030.